The van der Waals surface area contributed by atoms with Gasteiger partial charge in [0, 0.05) is 12.5 Å². The molecule has 1 aliphatic carbocycles. The lowest BCUT2D eigenvalue weighted by Gasteiger charge is -2.32. The third-order valence-corrected chi connectivity index (χ3v) is 3.08. The summed E-state index contributed by atoms with van der Waals surface area (Å²) >= 11 is 0. The van der Waals surface area contributed by atoms with Gasteiger partial charge in [0.15, 0.2) is 6.29 Å². The molecule has 1 heterocycles. The summed E-state index contributed by atoms with van der Waals surface area (Å²) in [5, 5.41) is 12.6. The zero-order valence-electron chi connectivity index (χ0n) is 8.98. The molecular weight excluding hydrogens is 192 g/mol. The quantitative estimate of drug-likeness (QED) is 0.628. The molecule has 15 heavy (non-hydrogen) atoms. The largest absolute Gasteiger partial charge is 0.468 e. The van der Waals surface area contributed by atoms with Gasteiger partial charge in [-0.05, 0) is 37.8 Å². The van der Waals surface area contributed by atoms with Crippen molar-refractivity contribution < 1.29 is 9.84 Å². The molecular formula is C11H20N2O2. The van der Waals surface area contributed by atoms with Crippen molar-refractivity contribution in [1.82, 2.24) is 5.32 Å². The van der Waals surface area contributed by atoms with Gasteiger partial charge in [0.25, 0.3) is 0 Å². The second-order valence-electron chi connectivity index (χ2n) is 4.55. The Hall–Kier alpha value is -0.580. The highest BCUT2D eigenvalue weighted by atomic mass is 16.6. The van der Waals surface area contributed by atoms with Crippen LogP contribution in [0.1, 0.15) is 25.7 Å². The van der Waals surface area contributed by atoms with Gasteiger partial charge in [0.05, 0.1) is 6.54 Å². The number of hydrogen-bond acceptors (Lipinski definition) is 4. The summed E-state index contributed by atoms with van der Waals surface area (Å²) in [4.78, 5) is 0. The van der Waals surface area contributed by atoms with E-state index in [9.17, 15) is 5.11 Å². The minimum absolute atomic E-state index is 0.420. The Morgan fingerprint density at radius 1 is 1.53 bits per heavy atom. The van der Waals surface area contributed by atoms with Crippen LogP contribution in [0.15, 0.2) is 11.8 Å². The van der Waals surface area contributed by atoms with Gasteiger partial charge in [-0.25, -0.2) is 0 Å². The molecule has 4 N–H and O–H groups in total. The summed E-state index contributed by atoms with van der Waals surface area (Å²) in [6.45, 7) is 1.73. The molecule has 2 rings (SSSR count). The average Bonchev–Trinajstić information content (AvgIpc) is 2.15. The van der Waals surface area contributed by atoms with Crippen molar-refractivity contribution in [3.63, 3.8) is 0 Å². The van der Waals surface area contributed by atoms with Crippen LogP contribution >= 0.6 is 0 Å². The second-order valence-corrected chi connectivity index (χ2v) is 4.55. The fraction of sp³-hybridized carbons (Fsp3) is 0.818. The molecule has 0 aromatic heterocycles. The van der Waals surface area contributed by atoms with Gasteiger partial charge >= 0.3 is 0 Å². The van der Waals surface area contributed by atoms with Crippen molar-refractivity contribution in [1.29, 1.82) is 0 Å². The molecule has 4 nitrogen and oxygen atoms in total. The Balaban J connectivity index is 1.59. The van der Waals surface area contributed by atoms with Gasteiger partial charge in [-0.15, -0.1) is 0 Å². The van der Waals surface area contributed by atoms with Crippen LogP contribution in [0.4, 0.5) is 0 Å². The summed E-state index contributed by atoms with van der Waals surface area (Å²) in [5.41, 5.74) is 5.70. The SMILES string of the molecule is NC1CC(CNCC2=CCC[C@@H](O)O2)C1. The summed E-state index contributed by atoms with van der Waals surface area (Å²) in [6.07, 6.45) is 5.33. The van der Waals surface area contributed by atoms with E-state index in [0.717, 1.165) is 44.0 Å². The molecule has 0 aromatic rings. The average molecular weight is 212 g/mol. The lowest BCUT2D eigenvalue weighted by molar-refractivity contribution is -0.0781. The van der Waals surface area contributed by atoms with Crippen molar-refractivity contribution in [2.24, 2.45) is 11.7 Å². The molecule has 0 bridgehead atoms. The standard InChI is InChI=1S/C11H20N2O2/c12-9-4-8(5-9)6-13-7-10-2-1-3-11(14)15-10/h2,8-9,11,13-14H,1,3-7,12H2/t8?,9?,11-/m0/s1. The lowest BCUT2D eigenvalue weighted by Crippen LogP contribution is -2.41. The number of rotatable bonds is 4. The van der Waals surface area contributed by atoms with Crippen molar-refractivity contribution >= 4 is 0 Å². The van der Waals surface area contributed by atoms with E-state index in [4.69, 9.17) is 10.5 Å². The van der Waals surface area contributed by atoms with E-state index in [-0.39, 0.29) is 0 Å². The molecule has 0 saturated heterocycles. The smallest absolute Gasteiger partial charge is 0.197 e. The number of aliphatic hydroxyl groups is 1. The number of ether oxygens (including phenoxy) is 1. The first-order chi connectivity index (χ1) is 7.24. The van der Waals surface area contributed by atoms with Gasteiger partial charge in [-0.1, -0.05) is 0 Å². The van der Waals surface area contributed by atoms with Crippen LogP contribution in [0.2, 0.25) is 0 Å². The third kappa shape index (κ3) is 3.19. The summed E-state index contributed by atoms with van der Waals surface area (Å²) in [5.74, 6) is 1.60. The highest BCUT2D eigenvalue weighted by Crippen LogP contribution is 2.24. The fourth-order valence-corrected chi connectivity index (χ4v) is 2.14. The molecule has 2 aliphatic rings. The Morgan fingerprint density at radius 2 is 2.33 bits per heavy atom. The van der Waals surface area contributed by atoms with Crippen LogP contribution in [-0.2, 0) is 4.74 Å². The molecule has 0 radical (unpaired) electrons. The maximum atomic E-state index is 9.27. The van der Waals surface area contributed by atoms with Gasteiger partial charge in [0.1, 0.15) is 5.76 Å². The number of nitrogens with one attached hydrogen (secondary N) is 1. The molecule has 1 saturated carbocycles. The number of hydrogen-bond donors (Lipinski definition) is 3. The zero-order chi connectivity index (χ0) is 10.7. The molecule has 0 unspecified atom stereocenters. The maximum absolute atomic E-state index is 9.27. The lowest BCUT2D eigenvalue weighted by atomic mass is 9.81. The Bertz CT molecular complexity index is 237. The monoisotopic (exact) mass is 212 g/mol. The fourth-order valence-electron chi connectivity index (χ4n) is 2.14. The Morgan fingerprint density at radius 3 is 3.00 bits per heavy atom. The van der Waals surface area contributed by atoms with E-state index in [1.807, 2.05) is 6.08 Å². The molecule has 0 aromatic carbocycles. The highest BCUT2D eigenvalue weighted by Gasteiger charge is 2.25. The highest BCUT2D eigenvalue weighted by molar-refractivity contribution is 4.99. The molecule has 1 fully saturated rings. The van der Waals surface area contributed by atoms with Crippen molar-refractivity contribution in [2.75, 3.05) is 13.1 Å². The molecule has 4 heteroatoms. The van der Waals surface area contributed by atoms with Crippen LogP contribution in [0, 0.1) is 5.92 Å². The van der Waals surface area contributed by atoms with Gasteiger partial charge in [-0.2, -0.15) is 0 Å². The van der Waals surface area contributed by atoms with Crippen LogP contribution in [0.25, 0.3) is 0 Å². The minimum atomic E-state index is -0.607. The molecule has 86 valence electrons. The normalized spacial score (nSPS) is 35.3. The predicted molar refractivity (Wildman–Crippen MR) is 58.0 cm³/mol. The van der Waals surface area contributed by atoms with Crippen LogP contribution in [-0.4, -0.2) is 30.5 Å². The zero-order valence-corrected chi connectivity index (χ0v) is 8.98. The van der Waals surface area contributed by atoms with Gasteiger partial charge in [-0.3, -0.25) is 0 Å². The maximum Gasteiger partial charge on any atom is 0.197 e. The van der Waals surface area contributed by atoms with Crippen molar-refractivity contribution in [3.05, 3.63) is 11.8 Å². The van der Waals surface area contributed by atoms with Gasteiger partial charge < -0.3 is 20.9 Å². The number of nitrogens with two attached hydrogens (primary N) is 1. The van der Waals surface area contributed by atoms with Crippen molar-refractivity contribution in [2.45, 2.75) is 38.0 Å². The van der Waals surface area contributed by atoms with Crippen LogP contribution in [0.3, 0.4) is 0 Å². The van der Waals surface area contributed by atoms with Crippen LogP contribution < -0.4 is 11.1 Å². The predicted octanol–water partition coefficient (Wildman–Crippen LogP) is 0.326. The third-order valence-electron chi connectivity index (χ3n) is 3.08. The van der Waals surface area contributed by atoms with E-state index in [1.165, 1.54) is 0 Å². The van der Waals surface area contributed by atoms with Crippen LogP contribution in [0.5, 0.6) is 0 Å². The van der Waals surface area contributed by atoms with E-state index >= 15 is 0 Å². The molecule has 1 aliphatic heterocycles. The summed E-state index contributed by atoms with van der Waals surface area (Å²) in [6, 6.07) is 0.420. The first kappa shape index (κ1) is 10.9. The summed E-state index contributed by atoms with van der Waals surface area (Å²) in [7, 11) is 0. The number of allylic oxidation sites excluding steroid dienone is 1. The Labute approximate surface area is 90.5 Å². The first-order valence-electron chi connectivity index (χ1n) is 5.74. The summed E-state index contributed by atoms with van der Waals surface area (Å²) < 4.78 is 5.27. The number of aliphatic hydroxyl groups excluding tert-OH is 1. The van der Waals surface area contributed by atoms with E-state index in [1.54, 1.807) is 0 Å². The topological polar surface area (TPSA) is 67.5 Å². The minimum Gasteiger partial charge on any atom is -0.468 e. The Kier molecular flexibility index (Phi) is 3.61. The van der Waals surface area contributed by atoms with Gasteiger partial charge in [0.2, 0.25) is 0 Å². The van der Waals surface area contributed by atoms with Crippen molar-refractivity contribution in [3.8, 4) is 0 Å². The van der Waals surface area contributed by atoms with E-state index < -0.39 is 6.29 Å². The molecule has 1 atom stereocenters. The molecule has 0 amide bonds. The molecule has 0 spiro atoms. The van der Waals surface area contributed by atoms with E-state index in [2.05, 4.69) is 5.32 Å². The second kappa shape index (κ2) is 4.96. The first-order valence-corrected chi connectivity index (χ1v) is 5.74. The van der Waals surface area contributed by atoms with E-state index in [0.29, 0.717) is 12.5 Å².